The van der Waals surface area contributed by atoms with E-state index in [-0.39, 0.29) is 40.1 Å². The molecule has 0 saturated carbocycles. The quantitative estimate of drug-likeness (QED) is 0.408. The monoisotopic (exact) mass is 533 g/mol. The molecule has 4 heterocycles. The highest BCUT2D eigenvalue weighted by molar-refractivity contribution is 6.03. The first-order valence-electron chi connectivity index (χ1n) is 12.9. The van der Waals surface area contributed by atoms with Crippen LogP contribution in [0.25, 0.3) is 22.0 Å². The number of carbonyl (C=O) groups is 1. The molecule has 3 aromatic heterocycles. The summed E-state index contributed by atoms with van der Waals surface area (Å²) in [5.41, 5.74) is 2.13. The summed E-state index contributed by atoms with van der Waals surface area (Å²) in [5, 5.41) is 3.56. The first-order valence-corrected chi connectivity index (χ1v) is 12.9. The van der Waals surface area contributed by atoms with Gasteiger partial charge >= 0.3 is 0 Å². The van der Waals surface area contributed by atoms with E-state index in [1.54, 1.807) is 46.4 Å². The van der Waals surface area contributed by atoms with Crippen LogP contribution in [0.2, 0.25) is 0 Å². The van der Waals surface area contributed by atoms with Crippen LogP contribution in [0.5, 0.6) is 11.5 Å². The molecule has 0 spiro atoms. The Balaban J connectivity index is 1.62. The molecule has 204 valence electrons. The number of aromatic nitrogens is 3. The molecule has 0 bridgehead atoms. The highest BCUT2D eigenvalue weighted by atomic mass is 19.1. The van der Waals surface area contributed by atoms with Crippen LogP contribution >= 0.6 is 0 Å². The average Bonchev–Trinajstić information content (AvgIpc) is 3.32. The van der Waals surface area contributed by atoms with Crippen LogP contribution in [0.1, 0.15) is 34.5 Å². The van der Waals surface area contributed by atoms with Gasteiger partial charge < -0.3 is 29.1 Å². The zero-order valence-corrected chi connectivity index (χ0v) is 22.7. The van der Waals surface area contributed by atoms with E-state index < -0.39 is 0 Å². The molecule has 0 radical (unpaired) electrons. The number of ether oxygens (including phenoxy) is 1. The van der Waals surface area contributed by atoms with Crippen molar-refractivity contribution < 1.29 is 13.9 Å². The Morgan fingerprint density at radius 3 is 2.44 bits per heavy atom. The van der Waals surface area contributed by atoms with Crippen molar-refractivity contribution in [3.63, 3.8) is 0 Å². The molecule has 4 aromatic rings. The number of nitrogens with zero attached hydrogens (tertiary/aromatic N) is 3. The van der Waals surface area contributed by atoms with Gasteiger partial charge in [0.05, 0.1) is 6.20 Å². The first-order chi connectivity index (χ1) is 18.5. The van der Waals surface area contributed by atoms with Gasteiger partial charge in [-0.3, -0.25) is 14.4 Å². The van der Waals surface area contributed by atoms with Gasteiger partial charge in [0.1, 0.15) is 22.8 Å². The van der Waals surface area contributed by atoms with Crippen molar-refractivity contribution in [3.8, 4) is 22.6 Å². The van der Waals surface area contributed by atoms with Gasteiger partial charge in [-0.2, -0.15) is 0 Å². The number of aromatic amines is 1. The predicted molar refractivity (Wildman–Crippen MR) is 148 cm³/mol. The summed E-state index contributed by atoms with van der Waals surface area (Å²) in [5.74, 6) is 0.171. The maximum absolute atomic E-state index is 13.9. The number of aryl methyl sites for hydroxylation is 4. The molecule has 2 N–H and O–H groups in total. The molecular formula is C29H32FN5O4. The molecule has 39 heavy (non-hydrogen) atoms. The Kier molecular flexibility index (Phi) is 6.90. The highest BCUT2D eigenvalue weighted by Gasteiger charge is 2.23. The maximum atomic E-state index is 13.9. The number of rotatable bonds is 5. The largest absolute Gasteiger partial charge is 0.455 e. The molecule has 1 aliphatic heterocycles. The Morgan fingerprint density at radius 2 is 1.74 bits per heavy atom. The highest BCUT2D eigenvalue weighted by Crippen LogP contribution is 2.38. The van der Waals surface area contributed by atoms with Crippen LogP contribution in [-0.2, 0) is 14.1 Å². The van der Waals surface area contributed by atoms with E-state index in [2.05, 4.69) is 15.2 Å². The molecule has 10 heteroatoms. The van der Waals surface area contributed by atoms with E-state index in [0.29, 0.717) is 39.1 Å². The Morgan fingerprint density at radius 1 is 1.03 bits per heavy atom. The second-order valence-corrected chi connectivity index (χ2v) is 10.5. The molecule has 1 amide bonds. The number of halogens is 1. The fourth-order valence-corrected chi connectivity index (χ4v) is 5.28. The summed E-state index contributed by atoms with van der Waals surface area (Å²) in [7, 11) is 5.25. The normalized spacial score (nSPS) is 16.0. The van der Waals surface area contributed by atoms with E-state index in [9.17, 15) is 18.8 Å². The minimum atomic E-state index is -0.365. The Labute approximate surface area is 224 Å². The number of benzene rings is 1. The molecular weight excluding hydrogens is 501 g/mol. The van der Waals surface area contributed by atoms with Crippen LogP contribution < -0.4 is 21.2 Å². The first kappa shape index (κ1) is 26.4. The fraction of sp³-hybridized carbons (Fsp3) is 0.345. The van der Waals surface area contributed by atoms with Crippen molar-refractivity contribution in [2.24, 2.45) is 14.1 Å². The lowest BCUT2D eigenvalue weighted by Crippen LogP contribution is -2.46. The summed E-state index contributed by atoms with van der Waals surface area (Å²) >= 11 is 0. The zero-order valence-electron chi connectivity index (χ0n) is 22.7. The predicted octanol–water partition coefficient (Wildman–Crippen LogP) is 3.60. The number of likely N-dealkylation sites (N-methyl/N-ethyl adjacent to an activating group) is 1. The van der Waals surface area contributed by atoms with Crippen LogP contribution in [0, 0.1) is 19.7 Å². The lowest BCUT2D eigenvalue weighted by molar-refractivity contribution is 0.0908. The standard InChI is InChI=1S/C29H32FN5O4/c1-16-9-18(30)10-17(2)27(16)39-24-15-34(4)25(36)12-20(24)22-14-35(5)29(38)26-21(22)11-23(32-26)28(37)31-19-7-6-8-33(3)13-19/h9-12,14-15,19,32H,6-8,13H2,1-5H3,(H,31,37). The topological polar surface area (TPSA) is 101 Å². The molecule has 1 atom stereocenters. The molecule has 5 rings (SSSR count). The minimum absolute atomic E-state index is 0.0179. The lowest BCUT2D eigenvalue weighted by Gasteiger charge is -2.30. The van der Waals surface area contributed by atoms with Crippen LogP contribution in [-0.4, -0.2) is 51.1 Å². The lowest BCUT2D eigenvalue weighted by atomic mass is 10.0. The number of nitrogens with one attached hydrogen (secondary N) is 2. The smallest absolute Gasteiger partial charge is 0.274 e. The number of pyridine rings is 2. The Hall–Kier alpha value is -4.18. The SMILES string of the molecule is Cc1cc(F)cc(C)c1Oc1cn(C)c(=O)cc1-c1cn(C)c(=O)c2[nH]c(C(=O)NC3CCCN(C)C3)cc12. The number of carbonyl (C=O) groups excluding carboxylic acids is 1. The molecule has 1 saturated heterocycles. The van der Waals surface area contributed by atoms with Crippen LogP contribution in [0.3, 0.4) is 0 Å². The third-order valence-corrected chi connectivity index (χ3v) is 7.29. The maximum Gasteiger partial charge on any atom is 0.274 e. The number of hydrogen-bond acceptors (Lipinski definition) is 5. The molecule has 1 aromatic carbocycles. The van der Waals surface area contributed by atoms with Gasteiger partial charge in [-0.25, -0.2) is 4.39 Å². The summed E-state index contributed by atoms with van der Waals surface area (Å²) in [6.07, 6.45) is 5.08. The number of likely N-dealkylation sites (tertiary alicyclic amines) is 1. The van der Waals surface area contributed by atoms with E-state index in [0.717, 1.165) is 25.9 Å². The Bertz CT molecular complexity index is 1690. The number of hydrogen-bond donors (Lipinski definition) is 2. The fourth-order valence-electron chi connectivity index (χ4n) is 5.28. The zero-order chi connectivity index (χ0) is 28.0. The molecule has 9 nitrogen and oxygen atoms in total. The molecule has 1 aliphatic rings. The molecule has 1 fully saturated rings. The van der Waals surface area contributed by atoms with Crippen molar-refractivity contribution in [1.29, 1.82) is 0 Å². The van der Waals surface area contributed by atoms with E-state index in [1.807, 2.05) is 7.05 Å². The third kappa shape index (κ3) is 5.12. The number of fused-ring (bicyclic) bond motifs is 1. The average molecular weight is 534 g/mol. The number of H-pyrrole nitrogens is 1. The van der Waals surface area contributed by atoms with E-state index in [1.165, 1.54) is 27.3 Å². The second-order valence-electron chi connectivity index (χ2n) is 10.5. The van der Waals surface area contributed by atoms with Gasteiger partial charge in [-0.15, -0.1) is 0 Å². The third-order valence-electron chi connectivity index (χ3n) is 7.29. The van der Waals surface area contributed by atoms with Crippen molar-refractivity contribution in [2.75, 3.05) is 20.1 Å². The van der Waals surface area contributed by atoms with Gasteiger partial charge in [0.15, 0.2) is 5.75 Å². The van der Waals surface area contributed by atoms with Gasteiger partial charge in [-0.1, -0.05) is 0 Å². The number of amides is 1. The van der Waals surface area contributed by atoms with Crippen LogP contribution in [0.15, 0.2) is 46.2 Å². The van der Waals surface area contributed by atoms with Gasteiger partial charge in [0.2, 0.25) is 0 Å². The summed E-state index contributed by atoms with van der Waals surface area (Å²) in [4.78, 5) is 44.2. The van der Waals surface area contributed by atoms with Crippen molar-refractivity contribution in [2.45, 2.75) is 32.7 Å². The van der Waals surface area contributed by atoms with Gasteiger partial charge in [0, 0.05) is 55.5 Å². The van der Waals surface area contributed by atoms with Crippen molar-refractivity contribution in [3.05, 3.63) is 80.0 Å². The molecule has 1 unspecified atom stereocenters. The van der Waals surface area contributed by atoms with E-state index in [4.69, 9.17) is 4.74 Å². The van der Waals surface area contributed by atoms with Crippen molar-refractivity contribution >= 4 is 16.8 Å². The summed E-state index contributed by atoms with van der Waals surface area (Å²) < 4.78 is 23.0. The summed E-state index contributed by atoms with van der Waals surface area (Å²) in [6.45, 7) is 5.25. The van der Waals surface area contributed by atoms with Gasteiger partial charge in [-0.05, 0) is 69.6 Å². The van der Waals surface area contributed by atoms with E-state index >= 15 is 0 Å². The number of piperidine rings is 1. The molecule has 0 aliphatic carbocycles. The van der Waals surface area contributed by atoms with Crippen molar-refractivity contribution in [1.82, 2.24) is 24.3 Å². The second kappa shape index (κ2) is 10.2. The summed E-state index contributed by atoms with van der Waals surface area (Å²) in [6, 6.07) is 5.87. The minimum Gasteiger partial charge on any atom is -0.455 e. The van der Waals surface area contributed by atoms with Gasteiger partial charge in [0.25, 0.3) is 17.0 Å². The van der Waals surface area contributed by atoms with Crippen LogP contribution in [0.4, 0.5) is 4.39 Å².